The minimum atomic E-state index is -0.403. The Morgan fingerprint density at radius 2 is 1.65 bits per heavy atom. The lowest BCUT2D eigenvalue weighted by atomic mass is 10.1. The lowest BCUT2D eigenvalue weighted by Crippen LogP contribution is -2.42. The van der Waals surface area contributed by atoms with Crippen LogP contribution >= 0.6 is 22.9 Å². The average Bonchev–Trinajstić information content (AvgIpc) is 3.07. The quantitative estimate of drug-likeness (QED) is 0.621. The maximum atomic E-state index is 11.7. The van der Waals surface area contributed by atoms with Crippen LogP contribution in [0.4, 0.5) is 0 Å². The number of Topliss-reactive ketones (excluding diaryl/α,β-unsaturated/α-hetero) is 1. The Kier molecular flexibility index (Phi) is 6.31. The predicted octanol–water partition coefficient (Wildman–Crippen LogP) is 2.75. The molecule has 2 rings (SSSR count). The van der Waals surface area contributed by atoms with Crippen LogP contribution < -0.4 is 10.9 Å². The van der Waals surface area contributed by atoms with Gasteiger partial charge in [0.15, 0.2) is 5.78 Å². The molecule has 0 radical (unpaired) electrons. The van der Waals surface area contributed by atoms with E-state index >= 15 is 0 Å². The minimum Gasteiger partial charge on any atom is -0.293 e. The first-order valence-corrected chi connectivity index (χ1v) is 8.19. The first-order valence-electron chi connectivity index (χ1n) is 6.93. The van der Waals surface area contributed by atoms with Crippen LogP contribution in [0.25, 0.3) is 0 Å². The van der Waals surface area contributed by atoms with Crippen LogP contribution in [-0.4, -0.2) is 17.6 Å². The molecule has 0 aliphatic rings. The van der Waals surface area contributed by atoms with E-state index < -0.39 is 5.91 Å². The molecule has 0 saturated carbocycles. The second kappa shape index (κ2) is 8.45. The van der Waals surface area contributed by atoms with Crippen LogP contribution in [0.15, 0.2) is 41.8 Å². The smallest absolute Gasteiger partial charge is 0.242 e. The van der Waals surface area contributed by atoms with Gasteiger partial charge < -0.3 is 0 Å². The molecular weight excluding hydrogens is 336 g/mol. The second-order valence-corrected chi connectivity index (χ2v) is 6.18. The van der Waals surface area contributed by atoms with Gasteiger partial charge >= 0.3 is 0 Å². The van der Waals surface area contributed by atoms with Crippen molar-refractivity contribution in [3.05, 3.63) is 57.2 Å². The third-order valence-corrected chi connectivity index (χ3v) is 4.16. The van der Waals surface area contributed by atoms with Gasteiger partial charge in [0.05, 0.1) is 11.3 Å². The van der Waals surface area contributed by atoms with Crippen LogP contribution in [0.5, 0.6) is 0 Å². The number of carbonyl (C=O) groups is 3. The Hall–Kier alpha value is -2.18. The molecule has 0 atom stereocenters. The summed E-state index contributed by atoms with van der Waals surface area (Å²) >= 11 is 7.11. The highest BCUT2D eigenvalue weighted by Crippen LogP contribution is 2.12. The fourth-order valence-corrected chi connectivity index (χ4v) is 2.64. The molecule has 2 N–H and O–H groups in total. The maximum absolute atomic E-state index is 11.7. The van der Waals surface area contributed by atoms with Gasteiger partial charge in [-0.15, -0.1) is 11.3 Å². The molecule has 0 spiro atoms. The molecule has 0 aliphatic carbocycles. The number of rotatable bonds is 6. The molecule has 0 unspecified atom stereocenters. The van der Waals surface area contributed by atoms with E-state index in [0.717, 1.165) is 5.56 Å². The Bertz CT molecular complexity index is 684. The van der Waals surface area contributed by atoms with E-state index in [9.17, 15) is 14.4 Å². The molecule has 5 nitrogen and oxygen atoms in total. The topological polar surface area (TPSA) is 75.3 Å². The zero-order valence-electron chi connectivity index (χ0n) is 12.2. The SMILES string of the molecule is O=C(CCC(=O)c1cccs1)NNC(=O)Cc1ccc(Cl)cc1. The lowest BCUT2D eigenvalue weighted by Gasteiger charge is -2.07. The number of nitrogens with one attached hydrogen (secondary N) is 2. The maximum Gasteiger partial charge on any atom is 0.242 e. The number of halogens is 1. The van der Waals surface area contributed by atoms with E-state index in [-0.39, 0.29) is 31.0 Å². The lowest BCUT2D eigenvalue weighted by molar-refractivity contribution is -0.128. The average molecular weight is 351 g/mol. The zero-order valence-corrected chi connectivity index (χ0v) is 13.7. The first kappa shape index (κ1) is 17.2. The largest absolute Gasteiger partial charge is 0.293 e. The highest BCUT2D eigenvalue weighted by molar-refractivity contribution is 7.12. The van der Waals surface area contributed by atoms with Gasteiger partial charge in [-0.25, -0.2) is 0 Å². The summed E-state index contributed by atoms with van der Waals surface area (Å²) in [5.41, 5.74) is 5.41. The number of carbonyl (C=O) groups excluding carboxylic acids is 3. The van der Waals surface area contributed by atoms with E-state index in [1.165, 1.54) is 11.3 Å². The summed E-state index contributed by atoms with van der Waals surface area (Å²) in [5.74, 6) is -0.827. The van der Waals surface area contributed by atoms with E-state index in [1.807, 2.05) is 5.38 Å². The molecule has 2 amide bonds. The fourth-order valence-electron chi connectivity index (χ4n) is 1.82. The molecule has 0 bridgehead atoms. The minimum absolute atomic E-state index is 0.0258. The summed E-state index contributed by atoms with van der Waals surface area (Å²) in [4.78, 5) is 35.7. The second-order valence-electron chi connectivity index (χ2n) is 4.80. The molecule has 1 heterocycles. The standard InChI is InChI=1S/C16H15ClN2O3S/c17-12-5-3-11(4-6-12)10-16(22)19-18-15(21)8-7-13(20)14-2-1-9-23-14/h1-6,9H,7-8,10H2,(H,18,21)(H,19,22). The van der Waals surface area contributed by atoms with Gasteiger partial charge in [-0.1, -0.05) is 29.8 Å². The van der Waals surface area contributed by atoms with Crippen LogP contribution in [-0.2, 0) is 16.0 Å². The molecule has 23 heavy (non-hydrogen) atoms. The van der Waals surface area contributed by atoms with Crippen molar-refractivity contribution in [1.82, 2.24) is 10.9 Å². The molecule has 2 aromatic rings. The highest BCUT2D eigenvalue weighted by atomic mass is 35.5. The summed E-state index contributed by atoms with van der Waals surface area (Å²) in [7, 11) is 0. The normalized spacial score (nSPS) is 10.1. The summed E-state index contributed by atoms with van der Waals surface area (Å²) in [6.45, 7) is 0. The number of hydrogen-bond acceptors (Lipinski definition) is 4. The van der Waals surface area contributed by atoms with Gasteiger partial charge in [0.25, 0.3) is 0 Å². The van der Waals surface area contributed by atoms with Crippen LogP contribution in [0, 0.1) is 0 Å². The number of hydrogen-bond donors (Lipinski definition) is 2. The first-order chi connectivity index (χ1) is 11.0. The van der Waals surface area contributed by atoms with Gasteiger partial charge in [0.1, 0.15) is 0 Å². The number of hydrazine groups is 1. The summed E-state index contributed by atoms with van der Waals surface area (Å²) in [6.07, 6.45) is 0.267. The molecule has 1 aromatic heterocycles. The van der Waals surface area contributed by atoms with Gasteiger partial charge in [0, 0.05) is 17.9 Å². The molecular formula is C16H15ClN2O3S. The molecule has 0 fully saturated rings. The summed E-state index contributed by atoms with van der Waals surface area (Å²) in [5, 5.41) is 2.41. The molecule has 0 saturated heterocycles. The third kappa shape index (κ3) is 5.84. The third-order valence-electron chi connectivity index (χ3n) is 2.99. The van der Waals surface area contributed by atoms with Crippen molar-refractivity contribution in [2.75, 3.05) is 0 Å². The van der Waals surface area contributed by atoms with Gasteiger partial charge in [-0.05, 0) is 29.1 Å². The van der Waals surface area contributed by atoms with E-state index in [4.69, 9.17) is 11.6 Å². The Balaban J connectivity index is 1.68. The predicted molar refractivity (Wildman–Crippen MR) is 89.3 cm³/mol. The van der Waals surface area contributed by atoms with Crippen molar-refractivity contribution < 1.29 is 14.4 Å². The van der Waals surface area contributed by atoms with Crippen molar-refractivity contribution >= 4 is 40.5 Å². The summed E-state index contributed by atoms with van der Waals surface area (Å²) < 4.78 is 0. The molecule has 7 heteroatoms. The number of ketones is 1. The monoisotopic (exact) mass is 350 g/mol. The van der Waals surface area contributed by atoms with Crippen molar-refractivity contribution in [2.45, 2.75) is 19.3 Å². The number of benzene rings is 1. The van der Waals surface area contributed by atoms with Crippen molar-refractivity contribution in [2.24, 2.45) is 0 Å². The van der Waals surface area contributed by atoms with E-state index in [0.29, 0.717) is 9.90 Å². The van der Waals surface area contributed by atoms with Crippen molar-refractivity contribution in [1.29, 1.82) is 0 Å². The number of thiophene rings is 1. The van der Waals surface area contributed by atoms with Gasteiger partial charge in [-0.3, -0.25) is 25.2 Å². The summed E-state index contributed by atoms with van der Waals surface area (Å²) in [6, 6.07) is 10.4. The van der Waals surface area contributed by atoms with Crippen LogP contribution in [0.1, 0.15) is 28.1 Å². The number of amides is 2. The Labute approximate surface area is 142 Å². The highest BCUT2D eigenvalue weighted by Gasteiger charge is 2.11. The van der Waals surface area contributed by atoms with Crippen LogP contribution in [0.3, 0.4) is 0 Å². The van der Waals surface area contributed by atoms with Crippen molar-refractivity contribution in [3.63, 3.8) is 0 Å². The Morgan fingerprint density at radius 3 is 2.30 bits per heavy atom. The van der Waals surface area contributed by atoms with E-state index in [2.05, 4.69) is 10.9 Å². The molecule has 120 valence electrons. The van der Waals surface area contributed by atoms with Gasteiger partial charge in [0.2, 0.25) is 11.8 Å². The zero-order chi connectivity index (χ0) is 16.7. The Morgan fingerprint density at radius 1 is 0.957 bits per heavy atom. The van der Waals surface area contributed by atoms with Crippen molar-refractivity contribution in [3.8, 4) is 0 Å². The van der Waals surface area contributed by atoms with E-state index in [1.54, 1.807) is 36.4 Å². The molecule has 1 aromatic carbocycles. The fraction of sp³-hybridized carbons (Fsp3) is 0.188. The molecule has 0 aliphatic heterocycles. The van der Waals surface area contributed by atoms with Crippen LogP contribution in [0.2, 0.25) is 5.02 Å². The van der Waals surface area contributed by atoms with Gasteiger partial charge in [-0.2, -0.15) is 0 Å².